The summed E-state index contributed by atoms with van der Waals surface area (Å²) in [6.45, 7) is 1.38. The molecule has 3 rings (SSSR count). The quantitative estimate of drug-likeness (QED) is 0.944. The minimum atomic E-state index is -1.17. The van der Waals surface area contributed by atoms with Crippen LogP contribution in [0.3, 0.4) is 0 Å². The Hall–Kier alpha value is -2.17. The minimum Gasteiger partial charge on any atom is -0.380 e. The normalized spacial score (nSPS) is 22.4. The third-order valence-corrected chi connectivity index (χ3v) is 3.85. The summed E-state index contributed by atoms with van der Waals surface area (Å²) in [6.07, 6.45) is -1.77. The summed E-state index contributed by atoms with van der Waals surface area (Å²) >= 11 is 0. The van der Waals surface area contributed by atoms with Crippen molar-refractivity contribution >= 4 is 5.91 Å². The zero-order chi connectivity index (χ0) is 15.4. The highest BCUT2D eigenvalue weighted by Gasteiger charge is 2.34. The van der Waals surface area contributed by atoms with Crippen LogP contribution in [0, 0.1) is 0 Å². The van der Waals surface area contributed by atoms with Crippen LogP contribution in [0.4, 0.5) is 0 Å². The van der Waals surface area contributed by atoms with Crippen molar-refractivity contribution in [1.82, 2.24) is 4.90 Å². The van der Waals surface area contributed by atoms with E-state index in [0.717, 1.165) is 11.1 Å². The van der Waals surface area contributed by atoms with E-state index in [0.29, 0.717) is 19.7 Å². The number of nitrogens with zero attached hydrogens (tertiary/aromatic N) is 1. The van der Waals surface area contributed by atoms with Gasteiger partial charge in [0.2, 0.25) is 0 Å². The number of benzene rings is 2. The fourth-order valence-electron chi connectivity index (χ4n) is 2.69. The second-order valence-corrected chi connectivity index (χ2v) is 5.39. The van der Waals surface area contributed by atoms with Gasteiger partial charge in [0, 0.05) is 13.1 Å². The molecule has 22 heavy (non-hydrogen) atoms. The Morgan fingerprint density at radius 3 is 2.36 bits per heavy atom. The maximum atomic E-state index is 12.5. The van der Waals surface area contributed by atoms with E-state index in [2.05, 4.69) is 0 Å². The Kier molecular flexibility index (Phi) is 4.51. The molecule has 0 radical (unpaired) electrons. The minimum absolute atomic E-state index is 0.282. The van der Waals surface area contributed by atoms with Crippen molar-refractivity contribution < 1.29 is 14.6 Å². The van der Waals surface area contributed by atoms with Crippen LogP contribution in [0.25, 0.3) is 0 Å². The lowest BCUT2D eigenvalue weighted by Gasteiger charge is -2.23. The highest BCUT2D eigenvalue weighted by atomic mass is 16.5. The first kappa shape index (κ1) is 14.8. The third kappa shape index (κ3) is 3.18. The lowest BCUT2D eigenvalue weighted by atomic mass is 10.0. The maximum absolute atomic E-state index is 12.5. The van der Waals surface area contributed by atoms with Gasteiger partial charge in [0.15, 0.2) is 6.10 Å². The smallest absolute Gasteiger partial charge is 0.254 e. The number of hydrogen-bond acceptors (Lipinski definition) is 3. The van der Waals surface area contributed by atoms with E-state index in [1.807, 2.05) is 60.7 Å². The van der Waals surface area contributed by atoms with Crippen molar-refractivity contribution in [3.63, 3.8) is 0 Å². The Balaban J connectivity index is 1.76. The van der Waals surface area contributed by atoms with Gasteiger partial charge in [-0.3, -0.25) is 4.79 Å². The second-order valence-electron chi connectivity index (χ2n) is 5.39. The van der Waals surface area contributed by atoms with Crippen LogP contribution in [0.1, 0.15) is 17.2 Å². The molecular weight excluding hydrogens is 278 g/mol. The highest BCUT2D eigenvalue weighted by molar-refractivity contribution is 5.81. The van der Waals surface area contributed by atoms with Crippen LogP contribution >= 0.6 is 0 Å². The molecule has 1 aliphatic rings. The van der Waals surface area contributed by atoms with E-state index in [-0.39, 0.29) is 5.91 Å². The number of ether oxygens (including phenoxy) is 1. The lowest BCUT2D eigenvalue weighted by Crippen LogP contribution is -2.39. The molecule has 0 aliphatic carbocycles. The van der Waals surface area contributed by atoms with Gasteiger partial charge in [-0.1, -0.05) is 60.7 Å². The molecule has 0 spiro atoms. The first-order valence-electron chi connectivity index (χ1n) is 7.43. The van der Waals surface area contributed by atoms with E-state index in [1.54, 1.807) is 4.90 Å². The van der Waals surface area contributed by atoms with Crippen molar-refractivity contribution in [2.75, 3.05) is 13.2 Å². The van der Waals surface area contributed by atoms with Crippen molar-refractivity contribution in [3.05, 3.63) is 71.8 Å². The highest BCUT2D eigenvalue weighted by Crippen LogP contribution is 2.25. The molecule has 0 bridgehead atoms. The Morgan fingerprint density at radius 2 is 1.68 bits per heavy atom. The number of rotatable bonds is 3. The zero-order valence-electron chi connectivity index (χ0n) is 12.3. The van der Waals surface area contributed by atoms with Gasteiger partial charge in [-0.05, 0) is 11.1 Å². The summed E-state index contributed by atoms with van der Waals surface area (Å²) in [6, 6.07) is 19.2. The summed E-state index contributed by atoms with van der Waals surface area (Å²) < 4.78 is 5.73. The van der Waals surface area contributed by atoms with Crippen molar-refractivity contribution in [2.45, 2.75) is 18.8 Å². The fraction of sp³-hybridized carbons (Fsp3) is 0.278. The molecule has 1 fully saturated rings. The molecule has 1 N–H and O–H groups in total. The predicted octanol–water partition coefficient (Wildman–Crippen LogP) is 2.15. The number of carbonyl (C=O) groups excluding carboxylic acids is 1. The summed E-state index contributed by atoms with van der Waals surface area (Å²) in [5.74, 6) is -0.282. The molecule has 4 nitrogen and oxygen atoms in total. The summed E-state index contributed by atoms with van der Waals surface area (Å²) in [4.78, 5) is 14.2. The average molecular weight is 297 g/mol. The maximum Gasteiger partial charge on any atom is 0.254 e. The van der Waals surface area contributed by atoms with Crippen LogP contribution in [0.2, 0.25) is 0 Å². The van der Waals surface area contributed by atoms with Crippen molar-refractivity contribution in [1.29, 1.82) is 0 Å². The largest absolute Gasteiger partial charge is 0.380 e. The molecule has 1 unspecified atom stereocenters. The van der Waals surface area contributed by atoms with E-state index < -0.39 is 12.2 Å². The van der Waals surface area contributed by atoms with Crippen LogP contribution < -0.4 is 0 Å². The van der Waals surface area contributed by atoms with Crippen LogP contribution in [-0.2, 0) is 16.1 Å². The number of amides is 1. The Bertz CT molecular complexity index is 611. The molecule has 4 heteroatoms. The summed E-state index contributed by atoms with van der Waals surface area (Å²) in [7, 11) is 0. The van der Waals surface area contributed by atoms with Gasteiger partial charge in [-0.15, -0.1) is 0 Å². The van der Waals surface area contributed by atoms with Gasteiger partial charge in [-0.25, -0.2) is 0 Å². The van der Waals surface area contributed by atoms with Gasteiger partial charge in [-0.2, -0.15) is 0 Å². The molecule has 0 aromatic heterocycles. The average Bonchev–Trinajstić information content (AvgIpc) is 2.70. The summed E-state index contributed by atoms with van der Waals surface area (Å²) in [5, 5.41) is 10.4. The molecular formula is C18H19NO3. The first-order valence-corrected chi connectivity index (χ1v) is 7.43. The molecule has 1 heterocycles. The van der Waals surface area contributed by atoms with Gasteiger partial charge in [0.25, 0.3) is 5.91 Å². The Morgan fingerprint density at radius 1 is 1.05 bits per heavy atom. The number of hydrogen-bond donors (Lipinski definition) is 1. The molecule has 1 aliphatic heterocycles. The van der Waals surface area contributed by atoms with Crippen LogP contribution in [0.5, 0.6) is 0 Å². The van der Waals surface area contributed by atoms with Crippen LogP contribution in [-0.4, -0.2) is 35.2 Å². The lowest BCUT2D eigenvalue weighted by molar-refractivity contribution is -0.143. The molecule has 2 aromatic rings. The number of aliphatic hydroxyl groups is 1. The van der Waals surface area contributed by atoms with Gasteiger partial charge in [0.1, 0.15) is 6.10 Å². The first-order chi connectivity index (χ1) is 10.8. The topological polar surface area (TPSA) is 49.8 Å². The third-order valence-electron chi connectivity index (χ3n) is 3.85. The standard InChI is InChI=1S/C18H19NO3/c20-16-17(15-9-5-2-6-10-15)22-12-11-19(18(16)21)13-14-7-3-1-4-8-14/h1-10,16-17,20H,11-13H2/t16-,17?/m1/s1. The predicted molar refractivity (Wildman–Crippen MR) is 83.0 cm³/mol. The van der Waals surface area contributed by atoms with E-state index in [9.17, 15) is 9.90 Å². The molecule has 1 amide bonds. The fourth-order valence-corrected chi connectivity index (χ4v) is 2.69. The van der Waals surface area contributed by atoms with Crippen molar-refractivity contribution in [2.24, 2.45) is 0 Å². The molecule has 1 saturated heterocycles. The number of aliphatic hydroxyl groups excluding tert-OH is 1. The van der Waals surface area contributed by atoms with Crippen LogP contribution in [0.15, 0.2) is 60.7 Å². The van der Waals surface area contributed by atoms with Gasteiger partial charge < -0.3 is 14.7 Å². The Labute approximate surface area is 130 Å². The molecule has 114 valence electrons. The van der Waals surface area contributed by atoms with E-state index >= 15 is 0 Å². The van der Waals surface area contributed by atoms with E-state index in [1.165, 1.54) is 0 Å². The van der Waals surface area contributed by atoms with Crippen molar-refractivity contribution in [3.8, 4) is 0 Å². The van der Waals surface area contributed by atoms with Gasteiger partial charge in [0.05, 0.1) is 6.61 Å². The molecule has 2 aromatic carbocycles. The SMILES string of the molecule is O=C1[C@H](O)C(c2ccccc2)OCCN1Cc1ccccc1. The monoisotopic (exact) mass is 297 g/mol. The molecule has 2 atom stereocenters. The molecule has 0 saturated carbocycles. The second kappa shape index (κ2) is 6.73. The number of carbonyl (C=O) groups is 1. The van der Waals surface area contributed by atoms with E-state index in [4.69, 9.17) is 4.74 Å². The zero-order valence-corrected chi connectivity index (χ0v) is 12.3. The van der Waals surface area contributed by atoms with Gasteiger partial charge >= 0.3 is 0 Å². The summed E-state index contributed by atoms with van der Waals surface area (Å²) in [5.41, 5.74) is 1.87.